The van der Waals surface area contributed by atoms with Crippen molar-refractivity contribution in [3.8, 4) is 0 Å². The fourth-order valence-electron chi connectivity index (χ4n) is 7.94. The molecule has 0 fully saturated rings. The van der Waals surface area contributed by atoms with Gasteiger partial charge in [-0.15, -0.1) is 0 Å². The van der Waals surface area contributed by atoms with Crippen molar-refractivity contribution in [2.24, 2.45) is 0 Å². The molecular formula is C62H105NO7. The summed E-state index contributed by atoms with van der Waals surface area (Å²) in [7, 11) is 5.41. The van der Waals surface area contributed by atoms with Gasteiger partial charge in [-0.2, -0.15) is 0 Å². The summed E-state index contributed by atoms with van der Waals surface area (Å²) in [4.78, 5) is 37.2. The standard InChI is InChI=1S/C62H105NO7/c1-6-8-10-12-14-16-18-20-22-24-26-28-30-32-34-36-38-40-42-44-46-48-50-52-60(64)69-57-58(56-68-55-54-59(62(66)67)63(3,4)5)70-61(65)53-51-49-47-45-43-41-39-37-35-33-31-29-27-25-23-21-19-17-15-13-11-9-7-2/h8-11,14-17,20-23,26-29,58-59H,6-7,12-13,18-19,24-25,30-57H2,1-5H3/b10-8-,11-9-,16-14-,17-15-,22-20-,23-21-,28-26-,29-27-. The minimum atomic E-state index is -1.13. The molecule has 0 aromatic rings. The van der Waals surface area contributed by atoms with E-state index in [1.165, 1.54) is 96.3 Å². The number of ether oxygens (including phenoxy) is 3. The van der Waals surface area contributed by atoms with Crippen molar-refractivity contribution in [1.82, 2.24) is 0 Å². The van der Waals surface area contributed by atoms with Crippen LogP contribution in [0.15, 0.2) is 97.2 Å². The molecular weight excluding hydrogens is 871 g/mol. The average molecular weight is 977 g/mol. The van der Waals surface area contributed by atoms with Gasteiger partial charge < -0.3 is 28.6 Å². The largest absolute Gasteiger partial charge is 0.544 e. The summed E-state index contributed by atoms with van der Waals surface area (Å²) in [5.41, 5.74) is 0. The van der Waals surface area contributed by atoms with Gasteiger partial charge in [0.05, 0.1) is 40.3 Å². The second-order valence-corrected chi connectivity index (χ2v) is 19.8. The van der Waals surface area contributed by atoms with Crippen LogP contribution in [-0.2, 0) is 28.6 Å². The molecule has 0 rings (SSSR count). The summed E-state index contributed by atoms with van der Waals surface area (Å²) >= 11 is 0. The summed E-state index contributed by atoms with van der Waals surface area (Å²) < 4.78 is 17.3. The van der Waals surface area contributed by atoms with E-state index in [0.29, 0.717) is 12.8 Å². The molecule has 0 aromatic heterocycles. The number of carbonyl (C=O) groups is 3. The minimum absolute atomic E-state index is 0.0334. The molecule has 0 aliphatic carbocycles. The molecule has 0 bridgehead atoms. The van der Waals surface area contributed by atoms with Crippen molar-refractivity contribution >= 4 is 17.9 Å². The van der Waals surface area contributed by atoms with E-state index in [-0.39, 0.29) is 42.7 Å². The highest BCUT2D eigenvalue weighted by Gasteiger charge is 2.25. The lowest BCUT2D eigenvalue weighted by atomic mass is 10.0. The van der Waals surface area contributed by atoms with E-state index in [0.717, 1.165) is 96.3 Å². The Labute approximate surface area is 430 Å². The van der Waals surface area contributed by atoms with Crippen LogP contribution in [0.1, 0.15) is 226 Å². The molecule has 0 radical (unpaired) electrons. The molecule has 0 aromatic carbocycles. The molecule has 0 spiro atoms. The third kappa shape index (κ3) is 49.2. The predicted octanol–water partition coefficient (Wildman–Crippen LogP) is 15.6. The van der Waals surface area contributed by atoms with Crippen molar-refractivity contribution in [3.05, 3.63) is 97.2 Å². The Morgan fingerprint density at radius 3 is 1.11 bits per heavy atom. The third-order valence-corrected chi connectivity index (χ3v) is 12.2. The maximum atomic E-state index is 12.8. The molecule has 0 amide bonds. The number of rotatable bonds is 50. The number of carbonyl (C=O) groups excluding carboxylic acids is 3. The quantitative estimate of drug-likeness (QED) is 0.0259. The van der Waals surface area contributed by atoms with Gasteiger partial charge in [-0.1, -0.05) is 214 Å². The number of hydrogen-bond donors (Lipinski definition) is 0. The second kappa shape index (κ2) is 51.6. The zero-order chi connectivity index (χ0) is 51.3. The highest BCUT2D eigenvalue weighted by Crippen LogP contribution is 2.15. The summed E-state index contributed by atoms with van der Waals surface area (Å²) in [6.45, 7) is 4.44. The Bertz CT molecular complexity index is 1460. The van der Waals surface area contributed by atoms with Crippen molar-refractivity contribution in [3.63, 3.8) is 0 Å². The molecule has 0 saturated heterocycles. The van der Waals surface area contributed by atoms with Crippen molar-refractivity contribution in [2.45, 2.75) is 238 Å². The SMILES string of the molecule is CC/C=C\C/C=C\C/C=C\C/C=C\CCCCCCCCCCCCC(=O)OCC(COCCC(C(=O)[O-])[N+](C)(C)C)OC(=O)CCCCCCCCCCCC/C=C\C/C=C\C/C=C\C/C=C\CC. The van der Waals surface area contributed by atoms with Crippen LogP contribution < -0.4 is 5.11 Å². The smallest absolute Gasteiger partial charge is 0.306 e. The summed E-state index contributed by atoms with van der Waals surface area (Å²) in [6.07, 6.45) is 70.1. The molecule has 0 N–H and O–H groups in total. The normalized spacial score (nSPS) is 13.6. The third-order valence-electron chi connectivity index (χ3n) is 12.2. The lowest BCUT2D eigenvalue weighted by Crippen LogP contribution is -2.55. The molecule has 0 aliphatic heterocycles. The van der Waals surface area contributed by atoms with Crippen molar-refractivity contribution in [2.75, 3.05) is 41.0 Å². The van der Waals surface area contributed by atoms with Gasteiger partial charge in [0.15, 0.2) is 6.10 Å². The Balaban J connectivity index is 4.21. The van der Waals surface area contributed by atoms with Gasteiger partial charge in [-0.3, -0.25) is 9.59 Å². The van der Waals surface area contributed by atoms with Gasteiger partial charge in [-0.05, 0) is 89.9 Å². The molecule has 0 aliphatic rings. The summed E-state index contributed by atoms with van der Waals surface area (Å²) in [5, 5.41) is 11.7. The summed E-state index contributed by atoms with van der Waals surface area (Å²) in [6, 6.07) is -0.733. The van der Waals surface area contributed by atoms with Gasteiger partial charge in [0.25, 0.3) is 0 Å². The van der Waals surface area contributed by atoms with E-state index in [1.54, 1.807) is 21.1 Å². The number of carboxylic acid groups (broad SMARTS) is 1. The van der Waals surface area contributed by atoms with E-state index in [4.69, 9.17) is 14.2 Å². The van der Waals surface area contributed by atoms with Crippen LogP contribution in [0.3, 0.4) is 0 Å². The minimum Gasteiger partial charge on any atom is -0.544 e. The van der Waals surface area contributed by atoms with E-state index in [2.05, 4.69) is 111 Å². The fourth-order valence-corrected chi connectivity index (χ4v) is 7.94. The lowest BCUT2D eigenvalue weighted by molar-refractivity contribution is -0.889. The van der Waals surface area contributed by atoms with Gasteiger partial charge in [0.2, 0.25) is 0 Å². The number of likely N-dealkylation sites (N-methyl/N-ethyl adjacent to an activating group) is 1. The molecule has 0 saturated carbocycles. The van der Waals surface area contributed by atoms with E-state index < -0.39 is 18.1 Å². The molecule has 70 heavy (non-hydrogen) atoms. The number of carboxylic acids is 1. The van der Waals surface area contributed by atoms with Crippen LogP contribution in [0.4, 0.5) is 0 Å². The first-order chi connectivity index (χ1) is 34.1. The number of hydrogen-bond acceptors (Lipinski definition) is 7. The number of allylic oxidation sites excluding steroid dienone is 16. The predicted molar refractivity (Wildman–Crippen MR) is 295 cm³/mol. The van der Waals surface area contributed by atoms with Crippen molar-refractivity contribution < 1.29 is 38.2 Å². The van der Waals surface area contributed by atoms with Crippen LogP contribution >= 0.6 is 0 Å². The van der Waals surface area contributed by atoms with Crippen LogP contribution in [0.5, 0.6) is 0 Å². The molecule has 2 unspecified atom stereocenters. The van der Waals surface area contributed by atoms with Crippen LogP contribution in [0.2, 0.25) is 0 Å². The Hall–Kier alpha value is -3.75. The molecule has 0 heterocycles. The number of nitrogens with zero attached hydrogens (tertiary/aromatic N) is 1. The highest BCUT2D eigenvalue weighted by atomic mass is 16.6. The van der Waals surface area contributed by atoms with E-state index in [1.807, 2.05) is 0 Å². The second-order valence-electron chi connectivity index (χ2n) is 19.8. The van der Waals surface area contributed by atoms with Gasteiger partial charge in [-0.25, -0.2) is 0 Å². The maximum absolute atomic E-state index is 12.8. The highest BCUT2D eigenvalue weighted by molar-refractivity contribution is 5.70. The zero-order valence-corrected chi connectivity index (χ0v) is 45.7. The average Bonchev–Trinajstić information content (AvgIpc) is 3.33. The van der Waals surface area contributed by atoms with E-state index in [9.17, 15) is 19.5 Å². The Morgan fingerprint density at radius 2 is 0.757 bits per heavy atom. The zero-order valence-electron chi connectivity index (χ0n) is 45.7. The number of unbranched alkanes of at least 4 members (excludes halogenated alkanes) is 20. The first-order valence-electron chi connectivity index (χ1n) is 28.3. The fraction of sp³-hybridized carbons (Fsp3) is 0.694. The number of esters is 2. The first-order valence-corrected chi connectivity index (χ1v) is 28.3. The maximum Gasteiger partial charge on any atom is 0.306 e. The van der Waals surface area contributed by atoms with Crippen LogP contribution in [0, 0.1) is 0 Å². The topological polar surface area (TPSA) is 102 Å². The van der Waals surface area contributed by atoms with Crippen LogP contribution in [0.25, 0.3) is 0 Å². The Morgan fingerprint density at radius 1 is 0.429 bits per heavy atom. The van der Waals surface area contributed by atoms with Gasteiger partial charge >= 0.3 is 11.9 Å². The van der Waals surface area contributed by atoms with Gasteiger partial charge in [0, 0.05) is 19.3 Å². The molecule has 8 heteroatoms. The number of quaternary nitrogens is 1. The first kappa shape index (κ1) is 66.2. The molecule has 8 nitrogen and oxygen atoms in total. The monoisotopic (exact) mass is 976 g/mol. The van der Waals surface area contributed by atoms with Crippen LogP contribution in [-0.4, -0.2) is 75.5 Å². The van der Waals surface area contributed by atoms with Gasteiger partial charge in [0.1, 0.15) is 12.6 Å². The Kier molecular flexibility index (Phi) is 48.8. The van der Waals surface area contributed by atoms with Crippen molar-refractivity contribution in [1.29, 1.82) is 0 Å². The molecule has 2 atom stereocenters. The summed E-state index contributed by atoms with van der Waals surface area (Å²) in [5.74, 6) is -1.75. The van der Waals surface area contributed by atoms with E-state index >= 15 is 0 Å². The molecule has 400 valence electrons. The lowest BCUT2D eigenvalue weighted by Gasteiger charge is -2.34. The number of aliphatic carboxylic acids is 1.